The lowest BCUT2D eigenvalue weighted by Gasteiger charge is -2.17. The average molecular weight is 480 g/mol. The topological polar surface area (TPSA) is 86.6 Å². The molecule has 0 radical (unpaired) electrons. The van der Waals surface area contributed by atoms with Crippen LogP contribution in [-0.4, -0.2) is 25.2 Å². The van der Waals surface area contributed by atoms with Crippen LogP contribution >= 0.6 is 0 Å². The Morgan fingerprint density at radius 2 is 1.64 bits per heavy atom. The van der Waals surface area contributed by atoms with Crippen molar-refractivity contribution in [2.24, 2.45) is 0 Å². The smallest absolute Gasteiger partial charge is 0.244 e. The van der Waals surface area contributed by atoms with Crippen molar-refractivity contribution in [3.63, 3.8) is 0 Å². The van der Waals surface area contributed by atoms with Crippen molar-refractivity contribution >= 4 is 10.0 Å². The number of phenols is 2. The molecule has 0 aliphatic rings. The summed E-state index contributed by atoms with van der Waals surface area (Å²) in [5, 5.41) is 21.7. The van der Waals surface area contributed by atoms with Crippen molar-refractivity contribution < 1.29 is 18.6 Å². The van der Waals surface area contributed by atoms with E-state index < -0.39 is 10.0 Å². The molecule has 0 unspecified atom stereocenters. The van der Waals surface area contributed by atoms with Crippen LogP contribution in [0.1, 0.15) is 104 Å². The molecule has 0 atom stereocenters. The van der Waals surface area contributed by atoms with Gasteiger partial charge >= 0.3 is 0 Å². The molecule has 1 aromatic rings. The van der Waals surface area contributed by atoms with Gasteiger partial charge in [-0.05, 0) is 70.9 Å². The first-order chi connectivity index (χ1) is 15.6. The summed E-state index contributed by atoms with van der Waals surface area (Å²) >= 11 is 0. The quantitative estimate of drug-likeness (QED) is 0.177. The minimum absolute atomic E-state index is 0.0470. The van der Waals surface area contributed by atoms with Gasteiger partial charge in [-0.15, -0.1) is 0 Å². The first-order valence-electron chi connectivity index (χ1n) is 12.5. The van der Waals surface area contributed by atoms with Gasteiger partial charge in [-0.1, -0.05) is 69.2 Å². The first kappa shape index (κ1) is 29.2. The second-order valence-electron chi connectivity index (χ2n) is 9.20. The van der Waals surface area contributed by atoms with Crippen LogP contribution < -0.4 is 4.72 Å². The Balaban J connectivity index is 3.21. The number of nitrogens with one attached hydrogen (secondary N) is 1. The van der Waals surface area contributed by atoms with Gasteiger partial charge in [-0.25, -0.2) is 13.1 Å². The molecule has 1 rings (SSSR count). The van der Waals surface area contributed by atoms with Gasteiger partial charge in [0, 0.05) is 12.1 Å². The maximum Gasteiger partial charge on any atom is 0.244 e. The molecule has 0 aromatic heterocycles. The molecule has 0 spiro atoms. The van der Waals surface area contributed by atoms with E-state index in [1.54, 1.807) is 0 Å². The summed E-state index contributed by atoms with van der Waals surface area (Å²) in [6, 6.07) is 1.53. The summed E-state index contributed by atoms with van der Waals surface area (Å²) in [4.78, 5) is -0.0718. The molecular weight excluding hydrogens is 434 g/mol. The highest BCUT2D eigenvalue weighted by Gasteiger charge is 2.26. The third-order valence-corrected chi connectivity index (χ3v) is 7.38. The molecule has 188 valence electrons. The minimum atomic E-state index is -3.89. The van der Waals surface area contributed by atoms with Crippen molar-refractivity contribution in [2.75, 3.05) is 6.54 Å². The minimum Gasteiger partial charge on any atom is -0.508 e. The van der Waals surface area contributed by atoms with Gasteiger partial charge in [-0.3, -0.25) is 0 Å². The van der Waals surface area contributed by atoms with Crippen LogP contribution in [0.5, 0.6) is 11.5 Å². The maximum absolute atomic E-state index is 13.2. The Hall–Kier alpha value is -1.79. The first-order valence-corrected chi connectivity index (χ1v) is 14.0. The van der Waals surface area contributed by atoms with E-state index >= 15 is 0 Å². The van der Waals surface area contributed by atoms with Gasteiger partial charge in [0.05, 0.1) is 0 Å². The Morgan fingerprint density at radius 3 is 2.27 bits per heavy atom. The molecular formula is C27H45NO4S. The molecule has 0 aliphatic heterocycles. The molecule has 0 bridgehead atoms. The predicted molar refractivity (Wildman–Crippen MR) is 138 cm³/mol. The highest BCUT2D eigenvalue weighted by atomic mass is 32.2. The second-order valence-corrected chi connectivity index (χ2v) is 10.9. The third-order valence-electron chi connectivity index (χ3n) is 5.80. The molecule has 0 amide bonds. The van der Waals surface area contributed by atoms with E-state index in [2.05, 4.69) is 38.5 Å². The molecule has 6 heteroatoms. The van der Waals surface area contributed by atoms with Crippen molar-refractivity contribution in [1.29, 1.82) is 0 Å². The van der Waals surface area contributed by atoms with Crippen molar-refractivity contribution in [1.82, 2.24) is 4.72 Å². The summed E-state index contributed by atoms with van der Waals surface area (Å²) in [7, 11) is -3.89. The van der Waals surface area contributed by atoms with Crippen LogP contribution in [0, 0.1) is 0 Å². The number of rotatable bonds is 16. The third kappa shape index (κ3) is 10.3. The number of unbranched alkanes of at least 4 members (excludes halogenated alkanes) is 5. The van der Waals surface area contributed by atoms with Gasteiger partial charge in [0.15, 0.2) is 0 Å². The van der Waals surface area contributed by atoms with Gasteiger partial charge in [-0.2, -0.15) is 0 Å². The normalized spacial score (nSPS) is 12.2. The lowest BCUT2D eigenvalue weighted by molar-refractivity contribution is 0.426. The standard InChI is InChI=1S/C27H45NO4S/c1-6-8-10-12-19-28-33(31,32)27-23(16-11-9-7-2)20-25(29)24(26(27)30)18-17-22(5)15-13-14-21(3)4/h14,17,20,28-30H,6-13,15-16,18-19H2,1-5H3/b22-17+. The average Bonchev–Trinajstić information content (AvgIpc) is 2.72. The molecule has 0 heterocycles. The zero-order valence-electron chi connectivity index (χ0n) is 21.3. The fourth-order valence-corrected chi connectivity index (χ4v) is 5.22. The number of phenolic OH excluding ortho intramolecular Hbond substituents is 2. The largest absolute Gasteiger partial charge is 0.508 e. The Morgan fingerprint density at radius 1 is 0.970 bits per heavy atom. The highest BCUT2D eigenvalue weighted by Crippen LogP contribution is 2.38. The zero-order chi connectivity index (χ0) is 24.9. The fourth-order valence-electron chi connectivity index (χ4n) is 3.78. The van der Waals surface area contributed by atoms with E-state index in [1.165, 1.54) is 11.6 Å². The number of benzene rings is 1. The predicted octanol–water partition coefficient (Wildman–Crippen LogP) is 6.92. The van der Waals surface area contributed by atoms with E-state index in [0.29, 0.717) is 18.5 Å². The number of allylic oxidation sites excluding steroid dienone is 4. The van der Waals surface area contributed by atoms with Crippen LogP contribution in [0.4, 0.5) is 0 Å². The van der Waals surface area contributed by atoms with Gasteiger partial charge in [0.1, 0.15) is 16.4 Å². The monoisotopic (exact) mass is 479 g/mol. The molecule has 33 heavy (non-hydrogen) atoms. The van der Waals surface area contributed by atoms with E-state index in [4.69, 9.17) is 0 Å². The van der Waals surface area contributed by atoms with E-state index in [1.807, 2.05) is 13.0 Å². The van der Waals surface area contributed by atoms with E-state index in [9.17, 15) is 18.6 Å². The molecule has 3 N–H and O–H groups in total. The molecule has 0 fully saturated rings. The Kier molecular flexibility index (Phi) is 13.4. The molecule has 0 aliphatic carbocycles. The van der Waals surface area contributed by atoms with Crippen LogP contribution in [0.2, 0.25) is 0 Å². The summed E-state index contributed by atoms with van der Waals surface area (Å²) in [5.74, 6) is -0.370. The van der Waals surface area contributed by atoms with Gasteiger partial charge in [0.2, 0.25) is 10.0 Å². The lowest BCUT2D eigenvalue weighted by atomic mass is 10.00. The highest BCUT2D eigenvalue weighted by molar-refractivity contribution is 7.89. The fraction of sp³-hybridized carbons (Fsp3) is 0.630. The van der Waals surface area contributed by atoms with Gasteiger partial charge in [0.25, 0.3) is 0 Å². The Labute approximate surface area is 202 Å². The SMILES string of the molecule is CCCCCCNS(=O)(=O)c1c(CCCCC)cc(O)c(C/C=C(\C)CCC=C(C)C)c1O. The van der Waals surface area contributed by atoms with E-state index in [0.717, 1.165) is 63.4 Å². The van der Waals surface area contributed by atoms with Crippen LogP contribution in [0.3, 0.4) is 0 Å². The van der Waals surface area contributed by atoms with Gasteiger partial charge < -0.3 is 10.2 Å². The summed E-state index contributed by atoms with van der Waals surface area (Å²) < 4.78 is 29.0. The van der Waals surface area contributed by atoms with Crippen LogP contribution in [0.15, 0.2) is 34.3 Å². The molecule has 0 saturated carbocycles. The number of hydrogen-bond acceptors (Lipinski definition) is 4. The van der Waals surface area contributed by atoms with Crippen molar-refractivity contribution in [3.8, 4) is 11.5 Å². The Bertz CT molecular complexity index is 897. The zero-order valence-corrected chi connectivity index (χ0v) is 22.2. The molecule has 5 nitrogen and oxygen atoms in total. The van der Waals surface area contributed by atoms with Crippen LogP contribution in [-0.2, 0) is 22.9 Å². The summed E-state index contributed by atoms with van der Waals surface area (Å²) in [5.41, 5.74) is 3.15. The number of aromatic hydroxyl groups is 2. The number of hydrogen-bond donors (Lipinski definition) is 3. The van der Waals surface area contributed by atoms with Crippen LogP contribution in [0.25, 0.3) is 0 Å². The number of aryl methyl sites for hydroxylation is 1. The summed E-state index contributed by atoms with van der Waals surface area (Å²) in [6.07, 6.45) is 13.4. The molecule has 1 aromatic carbocycles. The second kappa shape index (κ2) is 15.2. The number of sulfonamides is 1. The summed E-state index contributed by atoms with van der Waals surface area (Å²) in [6.45, 7) is 10.7. The van der Waals surface area contributed by atoms with Crippen molar-refractivity contribution in [2.45, 2.75) is 110 Å². The van der Waals surface area contributed by atoms with E-state index in [-0.39, 0.29) is 28.4 Å². The van der Waals surface area contributed by atoms with Crippen molar-refractivity contribution in [3.05, 3.63) is 40.5 Å². The maximum atomic E-state index is 13.2. The molecule has 0 saturated heterocycles. The lowest BCUT2D eigenvalue weighted by Crippen LogP contribution is -2.26.